The van der Waals surface area contributed by atoms with Crippen molar-refractivity contribution in [1.29, 1.82) is 0 Å². The number of amides is 4. The Hall–Kier alpha value is -4.34. The zero-order valence-corrected chi connectivity index (χ0v) is 16.2. The van der Waals surface area contributed by atoms with Crippen LogP contribution in [0.3, 0.4) is 0 Å². The van der Waals surface area contributed by atoms with Crippen LogP contribution in [0.1, 0.15) is 12.5 Å². The van der Waals surface area contributed by atoms with Crippen molar-refractivity contribution in [3.05, 3.63) is 53.6 Å². The molecule has 2 aromatic carbocycles. The number of ether oxygens (including phenoxy) is 3. The molecule has 1 saturated heterocycles. The van der Waals surface area contributed by atoms with E-state index in [-0.39, 0.29) is 18.1 Å². The van der Waals surface area contributed by atoms with Crippen LogP contribution in [-0.4, -0.2) is 41.8 Å². The first-order valence-electron chi connectivity index (χ1n) is 9.14. The predicted molar refractivity (Wildman–Crippen MR) is 106 cm³/mol. The molecule has 0 saturated carbocycles. The van der Waals surface area contributed by atoms with E-state index in [2.05, 4.69) is 5.32 Å². The molecule has 10 nitrogen and oxygen atoms in total. The molecule has 10 heteroatoms. The number of rotatable bonds is 5. The third-order valence-corrected chi connectivity index (χ3v) is 4.57. The second-order valence-corrected chi connectivity index (χ2v) is 6.66. The van der Waals surface area contributed by atoms with Crippen LogP contribution >= 0.6 is 0 Å². The van der Waals surface area contributed by atoms with Crippen molar-refractivity contribution in [1.82, 2.24) is 5.32 Å². The monoisotopic (exact) mass is 424 g/mol. The minimum atomic E-state index is -1.11. The van der Waals surface area contributed by atoms with Crippen LogP contribution < -0.4 is 24.4 Å². The van der Waals surface area contributed by atoms with E-state index in [1.807, 2.05) is 0 Å². The van der Waals surface area contributed by atoms with Crippen molar-refractivity contribution in [2.75, 3.05) is 11.7 Å². The number of benzene rings is 2. The second kappa shape index (κ2) is 7.82. The van der Waals surface area contributed by atoms with Gasteiger partial charge in [0, 0.05) is 6.07 Å². The number of carboxylic acids is 1. The molecule has 2 N–H and O–H groups in total. The Balaban J connectivity index is 1.59. The van der Waals surface area contributed by atoms with Gasteiger partial charge in [-0.25, -0.2) is 14.5 Å². The van der Waals surface area contributed by atoms with E-state index < -0.39 is 29.9 Å². The lowest BCUT2D eigenvalue weighted by Gasteiger charge is -2.26. The number of aliphatic carboxylic acids is 1. The summed E-state index contributed by atoms with van der Waals surface area (Å²) in [6.45, 7) is 1.43. The molecule has 0 aliphatic carbocycles. The number of anilines is 1. The van der Waals surface area contributed by atoms with Gasteiger partial charge >= 0.3 is 12.0 Å². The van der Waals surface area contributed by atoms with E-state index >= 15 is 0 Å². The number of urea groups is 1. The van der Waals surface area contributed by atoms with Crippen molar-refractivity contribution in [2.24, 2.45) is 0 Å². The maximum Gasteiger partial charge on any atom is 0.344 e. The standard InChI is InChI=1S/C21H16N2O8/c1-11(20(26)27)31-14-5-2-12(3-6-14)8-15-18(24)22-21(28)23(19(15)25)13-4-7-16-17(9-13)30-10-29-16/h2-9,11H,10H2,1H3,(H,26,27)(H,22,24,28)/b15-8-/t11-/m1/s1. The number of barbiturate groups is 1. The van der Waals surface area contributed by atoms with Gasteiger partial charge in [0.05, 0.1) is 5.69 Å². The number of carboxylic acid groups (broad SMARTS) is 1. The number of hydrogen-bond acceptors (Lipinski definition) is 7. The summed E-state index contributed by atoms with van der Waals surface area (Å²) in [5.74, 6) is -1.55. The van der Waals surface area contributed by atoms with Gasteiger partial charge in [-0.3, -0.25) is 14.9 Å². The van der Waals surface area contributed by atoms with Gasteiger partial charge in [-0.2, -0.15) is 0 Å². The Labute approximate surface area is 175 Å². The molecule has 1 atom stereocenters. The smallest absolute Gasteiger partial charge is 0.344 e. The van der Waals surface area contributed by atoms with Gasteiger partial charge < -0.3 is 19.3 Å². The molecule has 0 aromatic heterocycles. The molecule has 4 amide bonds. The topological polar surface area (TPSA) is 131 Å². The van der Waals surface area contributed by atoms with Crippen LogP contribution in [0.4, 0.5) is 10.5 Å². The highest BCUT2D eigenvalue weighted by Gasteiger charge is 2.37. The third-order valence-electron chi connectivity index (χ3n) is 4.57. The van der Waals surface area contributed by atoms with Crippen LogP contribution in [0.5, 0.6) is 17.2 Å². The van der Waals surface area contributed by atoms with Crippen LogP contribution in [0.15, 0.2) is 48.0 Å². The van der Waals surface area contributed by atoms with Crippen LogP contribution in [-0.2, 0) is 14.4 Å². The average molecular weight is 424 g/mol. The number of nitrogens with zero attached hydrogens (tertiary/aromatic N) is 1. The van der Waals surface area contributed by atoms with Crippen molar-refractivity contribution >= 4 is 35.6 Å². The molecule has 0 radical (unpaired) electrons. The molecule has 158 valence electrons. The molecule has 2 aliphatic rings. The van der Waals surface area contributed by atoms with Gasteiger partial charge in [-0.05, 0) is 42.8 Å². The Morgan fingerprint density at radius 3 is 2.55 bits per heavy atom. The number of carbonyl (C=O) groups excluding carboxylic acids is 3. The summed E-state index contributed by atoms with van der Waals surface area (Å²) in [7, 11) is 0. The highest BCUT2D eigenvalue weighted by atomic mass is 16.7. The minimum Gasteiger partial charge on any atom is -0.479 e. The van der Waals surface area contributed by atoms with Gasteiger partial charge in [0.1, 0.15) is 11.3 Å². The van der Waals surface area contributed by atoms with E-state index in [0.29, 0.717) is 22.8 Å². The molecule has 0 bridgehead atoms. The van der Waals surface area contributed by atoms with Gasteiger partial charge in [-0.15, -0.1) is 0 Å². The third kappa shape index (κ3) is 3.90. The van der Waals surface area contributed by atoms with Crippen LogP contribution in [0, 0.1) is 0 Å². The van der Waals surface area contributed by atoms with E-state index in [9.17, 15) is 19.2 Å². The maximum absolute atomic E-state index is 13.0. The fourth-order valence-electron chi connectivity index (χ4n) is 2.98. The van der Waals surface area contributed by atoms with Gasteiger partial charge in [-0.1, -0.05) is 12.1 Å². The molecule has 0 spiro atoms. The number of imide groups is 2. The Morgan fingerprint density at radius 2 is 1.84 bits per heavy atom. The summed E-state index contributed by atoms with van der Waals surface area (Å²) in [5.41, 5.74) is 0.454. The Bertz CT molecular complexity index is 1120. The van der Waals surface area contributed by atoms with Crippen LogP contribution in [0.25, 0.3) is 6.08 Å². The van der Waals surface area contributed by atoms with Gasteiger partial charge in [0.2, 0.25) is 6.79 Å². The van der Waals surface area contributed by atoms with Gasteiger partial charge in [0.15, 0.2) is 17.6 Å². The zero-order valence-electron chi connectivity index (χ0n) is 16.2. The van der Waals surface area contributed by atoms with Crippen molar-refractivity contribution in [2.45, 2.75) is 13.0 Å². The SMILES string of the molecule is C[C@@H](Oc1ccc(/C=C2/C(=O)NC(=O)N(c3ccc4c(c3)OCO4)C2=O)cc1)C(=O)O. The first-order valence-corrected chi connectivity index (χ1v) is 9.14. The number of fused-ring (bicyclic) bond motifs is 1. The van der Waals surface area contributed by atoms with Crippen molar-refractivity contribution < 1.29 is 38.5 Å². The van der Waals surface area contributed by atoms with Crippen molar-refractivity contribution in [3.63, 3.8) is 0 Å². The first kappa shape index (κ1) is 20.0. The summed E-state index contributed by atoms with van der Waals surface area (Å²) in [6, 6.07) is 9.80. The second-order valence-electron chi connectivity index (χ2n) is 6.66. The van der Waals surface area contributed by atoms with Gasteiger partial charge in [0.25, 0.3) is 11.8 Å². The Kier molecular flexibility index (Phi) is 5.04. The molecule has 2 heterocycles. The largest absolute Gasteiger partial charge is 0.479 e. The molecule has 2 aromatic rings. The predicted octanol–water partition coefficient (Wildman–Crippen LogP) is 1.93. The molecular weight excluding hydrogens is 408 g/mol. The van der Waals surface area contributed by atoms with E-state index in [4.69, 9.17) is 19.3 Å². The van der Waals surface area contributed by atoms with E-state index in [1.165, 1.54) is 37.3 Å². The van der Waals surface area contributed by atoms with E-state index in [0.717, 1.165) is 4.90 Å². The number of carbonyl (C=O) groups is 4. The molecule has 31 heavy (non-hydrogen) atoms. The summed E-state index contributed by atoms with van der Waals surface area (Å²) in [4.78, 5) is 49.3. The fraction of sp³-hybridized carbons (Fsp3) is 0.143. The minimum absolute atomic E-state index is 0.0352. The lowest BCUT2D eigenvalue weighted by molar-refractivity contribution is -0.144. The lowest BCUT2D eigenvalue weighted by Crippen LogP contribution is -2.54. The highest BCUT2D eigenvalue weighted by molar-refractivity contribution is 6.39. The summed E-state index contributed by atoms with van der Waals surface area (Å²) in [6.07, 6.45) is 0.297. The lowest BCUT2D eigenvalue weighted by atomic mass is 10.1. The molecular formula is C21H16N2O8. The zero-order chi connectivity index (χ0) is 22.1. The maximum atomic E-state index is 13.0. The number of nitrogens with one attached hydrogen (secondary N) is 1. The first-order chi connectivity index (χ1) is 14.8. The molecule has 2 aliphatic heterocycles. The Morgan fingerprint density at radius 1 is 1.13 bits per heavy atom. The van der Waals surface area contributed by atoms with Crippen molar-refractivity contribution in [3.8, 4) is 17.2 Å². The van der Waals surface area contributed by atoms with Crippen LogP contribution in [0.2, 0.25) is 0 Å². The summed E-state index contributed by atoms with van der Waals surface area (Å²) in [5, 5.41) is 11.0. The number of hydrogen-bond donors (Lipinski definition) is 2. The molecule has 0 unspecified atom stereocenters. The molecule has 4 rings (SSSR count). The summed E-state index contributed by atoms with van der Waals surface area (Å²) >= 11 is 0. The fourth-order valence-corrected chi connectivity index (χ4v) is 2.98. The average Bonchev–Trinajstić information content (AvgIpc) is 3.20. The highest BCUT2D eigenvalue weighted by Crippen LogP contribution is 2.36. The van der Waals surface area contributed by atoms with E-state index in [1.54, 1.807) is 18.2 Å². The molecule has 1 fully saturated rings. The summed E-state index contributed by atoms with van der Waals surface area (Å²) < 4.78 is 15.7. The quantitative estimate of drug-likeness (QED) is 0.550. The normalized spacial score (nSPS) is 17.5.